The molecular weight excluding hydrogens is 268 g/mol. The van der Waals surface area contributed by atoms with Gasteiger partial charge >= 0.3 is 0 Å². The van der Waals surface area contributed by atoms with Crippen LogP contribution >= 0.6 is 0 Å². The van der Waals surface area contributed by atoms with Crippen molar-refractivity contribution < 1.29 is 14.3 Å². The van der Waals surface area contributed by atoms with Crippen molar-refractivity contribution in [1.82, 2.24) is 5.32 Å². The number of anilines is 1. The second-order valence-corrected chi connectivity index (χ2v) is 5.38. The number of hydrogen-bond donors (Lipinski definition) is 1. The Kier molecular flexibility index (Phi) is 5.33. The van der Waals surface area contributed by atoms with Crippen LogP contribution in [0.4, 0.5) is 5.69 Å². The second kappa shape index (κ2) is 7.22. The first-order valence-electron chi connectivity index (χ1n) is 7.25. The Morgan fingerprint density at radius 2 is 2.10 bits per heavy atom. The van der Waals surface area contributed by atoms with E-state index in [1.807, 2.05) is 31.2 Å². The summed E-state index contributed by atoms with van der Waals surface area (Å²) in [5.74, 6) is -0.300. The summed E-state index contributed by atoms with van der Waals surface area (Å²) in [5, 5.41) is 2.86. The normalized spacial score (nSPS) is 18.1. The zero-order valence-corrected chi connectivity index (χ0v) is 12.6. The average Bonchev–Trinajstić information content (AvgIpc) is 2.86. The fourth-order valence-electron chi connectivity index (χ4n) is 2.43. The monoisotopic (exact) mass is 290 g/mol. The average molecular weight is 290 g/mol. The van der Waals surface area contributed by atoms with Crippen molar-refractivity contribution in [3.8, 4) is 0 Å². The molecule has 0 radical (unpaired) electrons. The summed E-state index contributed by atoms with van der Waals surface area (Å²) in [7, 11) is 1.64. The summed E-state index contributed by atoms with van der Waals surface area (Å²) in [5.41, 5.74) is 2.01. The quantitative estimate of drug-likeness (QED) is 0.808. The highest BCUT2D eigenvalue weighted by Gasteiger charge is 2.34. The van der Waals surface area contributed by atoms with E-state index in [0.29, 0.717) is 19.7 Å². The molecule has 2 amide bonds. The number of rotatable bonds is 6. The zero-order valence-electron chi connectivity index (χ0n) is 12.6. The largest absolute Gasteiger partial charge is 0.385 e. The molecule has 21 heavy (non-hydrogen) atoms. The van der Waals surface area contributed by atoms with E-state index >= 15 is 0 Å². The predicted octanol–water partition coefficient (Wildman–Crippen LogP) is 1.50. The maximum atomic E-state index is 12.1. The first-order valence-corrected chi connectivity index (χ1v) is 7.25. The molecule has 114 valence electrons. The summed E-state index contributed by atoms with van der Waals surface area (Å²) >= 11 is 0. The SMILES string of the molecule is COCCCNC(=O)[C@@H]1CC(=O)N(c2ccc(C)cc2)C1. The third kappa shape index (κ3) is 4.04. The number of nitrogens with one attached hydrogen (secondary N) is 1. The molecule has 1 aromatic carbocycles. The van der Waals surface area contributed by atoms with Crippen LogP contribution in [0.15, 0.2) is 24.3 Å². The maximum absolute atomic E-state index is 12.1. The second-order valence-electron chi connectivity index (χ2n) is 5.38. The number of benzene rings is 1. The summed E-state index contributed by atoms with van der Waals surface area (Å²) < 4.78 is 4.94. The number of methoxy groups -OCH3 is 1. The topological polar surface area (TPSA) is 58.6 Å². The third-order valence-electron chi connectivity index (χ3n) is 3.67. The molecule has 2 rings (SSSR count). The predicted molar refractivity (Wildman–Crippen MR) is 81.1 cm³/mol. The fraction of sp³-hybridized carbons (Fsp3) is 0.500. The van der Waals surface area contributed by atoms with E-state index in [0.717, 1.165) is 17.7 Å². The molecule has 1 fully saturated rings. The van der Waals surface area contributed by atoms with E-state index in [1.165, 1.54) is 0 Å². The van der Waals surface area contributed by atoms with Crippen molar-refractivity contribution in [2.24, 2.45) is 5.92 Å². The van der Waals surface area contributed by atoms with Crippen molar-refractivity contribution in [3.63, 3.8) is 0 Å². The lowest BCUT2D eigenvalue weighted by Crippen LogP contribution is -2.33. The number of carbonyl (C=O) groups is 2. The van der Waals surface area contributed by atoms with Crippen LogP contribution in [0.1, 0.15) is 18.4 Å². The van der Waals surface area contributed by atoms with Crippen molar-refractivity contribution in [3.05, 3.63) is 29.8 Å². The van der Waals surface area contributed by atoms with E-state index < -0.39 is 0 Å². The number of amides is 2. The van der Waals surface area contributed by atoms with E-state index in [-0.39, 0.29) is 24.2 Å². The lowest BCUT2D eigenvalue weighted by atomic mass is 10.1. The molecule has 0 unspecified atom stereocenters. The summed E-state index contributed by atoms with van der Waals surface area (Å²) in [6.07, 6.45) is 1.06. The molecule has 1 aliphatic rings. The highest BCUT2D eigenvalue weighted by molar-refractivity contribution is 6.00. The molecule has 0 bridgehead atoms. The zero-order chi connectivity index (χ0) is 15.2. The van der Waals surface area contributed by atoms with Gasteiger partial charge in [-0.05, 0) is 25.5 Å². The summed E-state index contributed by atoms with van der Waals surface area (Å²) in [4.78, 5) is 25.8. The maximum Gasteiger partial charge on any atom is 0.227 e. The number of nitrogens with zero attached hydrogens (tertiary/aromatic N) is 1. The van der Waals surface area contributed by atoms with Gasteiger partial charge in [-0.2, -0.15) is 0 Å². The molecule has 1 aromatic rings. The summed E-state index contributed by atoms with van der Waals surface area (Å²) in [6, 6.07) is 7.79. The molecule has 5 heteroatoms. The van der Waals surface area contributed by atoms with E-state index in [2.05, 4.69) is 5.32 Å². The number of hydrogen-bond acceptors (Lipinski definition) is 3. The lowest BCUT2D eigenvalue weighted by Gasteiger charge is -2.17. The van der Waals surface area contributed by atoms with Gasteiger partial charge in [-0.25, -0.2) is 0 Å². The fourth-order valence-corrected chi connectivity index (χ4v) is 2.43. The summed E-state index contributed by atoms with van der Waals surface area (Å²) in [6.45, 7) is 3.67. The molecule has 1 heterocycles. The van der Waals surface area contributed by atoms with Crippen LogP contribution < -0.4 is 10.2 Å². The minimum absolute atomic E-state index is 0.0101. The molecule has 1 atom stereocenters. The van der Waals surface area contributed by atoms with Gasteiger partial charge in [-0.3, -0.25) is 9.59 Å². The lowest BCUT2D eigenvalue weighted by molar-refractivity contribution is -0.126. The minimum Gasteiger partial charge on any atom is -0.385 e. The van der Waals surface area contributed by atoms with E-state index in [9.17, 15) is 9.59 Å². The first-order chi connectivity index (χ1) is 10.1. The Morgan fingerprint density at radius 3 is 2.76 bits per heavy atom. The van der Waals surface area contributed by atoms with Crippen LogP contribution in [0.5, 0.6) is 0 Å². The van der Waals surface area contributed by atoms with Crippen LogP contribution in [-0.4, -0.2) is 38.6 Å². The van der Waals surface area contributed by atoms with Crippen LogP contribution in [0.2, 0.25) is 0 Å². The molecule has 0 aromatic heterocycles. The van der Waals surface area contributed by atoms with Crippen LogP contribution in [0.25, 0.3) is 0 Å². The van der Waals surface area contributed by atoms with Gasteiger partial charge in [0.1, 0.15) is 0 Å². The standard InChI is InChI=1S/C16H22N2O3/c1-12-4-6-14(7-5-12)18-11-13(10-15(18)19)16(20)17-8-3-9-21-2/h4-7,13H,3,8-11H2,1-2H3,(H,17,20)/t13-/m1/s1. The molecule has 0 aliphatic carbocycles. The number of aryl methyl sites for hydroxylation is 1. The molecule has 1 saturated heterocycles. The van der Waals surface area contributed by atoms with Gasteiger partial charge in [0.15, 0.2) is 0 Å². The van der Waals surface area contributed by atoms with Crippen LogP contribution in [0, 0.1) is 12.8 Å². The molecular formula is C16H22N2O3. The van der Waals surface area contributed by atoms with Crippen molar-refractivity contribution in [2.45, 2.75) is 19.8 Å². The highest BCUT2D eigenvalue weighted by Crippen LogP contribution is 2.25. The van der Waals surface area contributed by atoms with Crippen molar-refractivity contribution >= 4 is 17.5 Å². The van der Waals surface area contributed by atoms with Gasteiger partial charge in [-0.1, -0.05) is 17.7 Å². The highest BCUT2D eigenvalue weighted by atomic mass is 16.5. The molecule has 1 aliphatic heterocycles. The Hall–Kier alpha value is -1.88. The Bertz CT molecular complexity index is 499. The van der Waals surface area contributed by atoms with Crippen molar-refractivity contribution in [1.29, 1.82) is 0 Å². The van der Waals surface area contributed by atoms with Gasteiger partial charge < -0.3 is 15.0 Å². The molecule has 5 nitrogen and oxygen atoms in total. The van der Waals surface area contributed by atoms with Gasteiger partial charge in [-0.15, -0.1) is 0 Å². The van der Waals surface area contributed by atoms with Gasteiger partial charge in [0.2, 0.25) is 11.8 Å². The number of ether oxygens (including phenoxy) is 1. The van der Waals surface area contributed by atoms with Crippen LogP contribution in [0.3, 0.4) is 0 Å². The van der Waals surface area contributed by atoms with Crippen molar-refractivity contribution in [2.75, 3.05) is 31.7 Å². The van der Waals surface area contributed by atoms with Gasteiger partial charge in [0, 0.05) is 38.9 Å². The Balaban J connectivity index is 1.90. The smallest absolute Gasteiger partial charge is 0.227 e. The number of carbonyl (C=O) groups excluding carboxylic acids is 2. The van der Waals surface area contributed by atoms with Gasteiger partial charge in [0.05, 0.1) is 5.92 Å². The van der Waals surface area contributed by atoms with E-state index in [1.54, 1.807) is 12.0 Å². The third-order valence-corrected chi connectivity index (χ3v) is 3.67. The van der Waals surface area contributed by atoms with Gasteiger partial charge in [0.25, 0.3) is 0 Å². The minimum atomic E-state index is -0.263. The Labute approximate surface area is 125 Å². The van der Waals surface area contributed by atoms with Crippen LogP contribution in [-0.2, 0) is 14.3 Å². The molecule has 0 spiro atoms. The Morgan fingerprint density at radius 1 is 1.38 bits per heavy atom. The first kappa shape index (κ1) is 15.5. The van der Waals surface area contributed by atoms with E-state index in [4.69, 9.17) is 4.74 Å². The molecule has 0 saturated carbocycles. The molecule has 1 N–H and O–H groups in total.